The Balaban J connectivity index is 1.84. The maximum atomic E-state index is 12.2. The van der Waals surface area contributed by atoms with Gasteiger partial charge < -0.3 is 5.11 Å². The molecular formula is C18H12IN3O2. The van der Waals surface area contributed by atoms with Crippen LogP contribution in [0.15, 0.2) is 58.5 Å². The number of hydrogen-bond donors (Lipinski definition) is 2. The molecule has 2 aromatic carbocycles. The maximum Gasteiger partial charge on any atom is 0.275 e. The number of rotatable bonds is 2. The molecule has 1 aromatic heterocycles. The number of aromatic hydroxyl groups is 1. The molecule has 4 rings (SSSR count). The zero-order valence-corrected chi connectivity index (χ0v) is 14.6. The first-order chi connectivity index (χ1) is 11.6. The zero-order valence-electron chi connectivity index (χ0n) is 12.4. The molecule has 0 saturated heterocycles. The molecule has 118 valence electrons. The summed E-state index contributed by atoms with van der Waals surface area (Å²) in [6, 6.07) is 13.2. The fourth-order valence-electron chi connectivity index (χ4n) is 2.62. The number of benzene rings is 2. The third kappa shape index (κ3) is 2.58. The van der Waals surface area contributed by atoms with E-state index in [9.17, 15) is 9.90 Å². The third-order valence-electron chi connectivity index (χ3n) is 3.83. The monoisotopic (exact) mass is 429 g/mol. The van der Waals surface area contributed by atoms with Gasteiger partial charge in [-0.05, 0) is 76.4 Å². The van der Waals surface area contributed by atoms with E-state index in [0.717, 1.165) is 19.7 Å². The minimum Gasteiger partial charge on any atom is -0.493 e. The Labute approximate surface area is 150 Å². The van der Waals surface area contributed by atoms with Crippen LogP contribution in [0.1, 0.15) is 11.1 Å². The molecule has 1 aliphatic rings. The van der Waals surface area contributed by atoms with Crippen molar-refractivity contribution in [2.75, 3.05) is 0 Å². The molecule has 24 heavy (non-hydrogen) atoms. The van der Waals surface area contributed by atoms with E-state index >= 15 is 0 Å². The Hall–Kier alpha value is -2.61. The van der Waals surface area contributed by atoms with Crippen molar-refractivity contribution >= 4 is 34.7 Å². The van der Waals surface area contributed by atoms with Crippen molar-refractivity contribution in [1.82, 2.24) is 9.78 Å². The lowest BCUT2D eigenvalue weighted by Gasteiger charge is -2.04. The summed E-state index contributed by atoms with van der Waals surface area (Å²) in [6.45, 7) is 0. The van der Waals surface area contributed by atoms with Gasteiger partial charge in [-0.25, -0.2) is 4.68 Å². The average molecular weight is 429 g/mol. The normalized spacial score (nSPS) is 13.1. The highest BCUT2D eigenvalue weighted by atomic mass is 127. The minimum absolute atomic E-state index is 0.109. The van der Waals surface area contributed by atoms with E-state index in [1.165, 1.54) is 4.68 Å². The second-order valence-electron chi connectivity index (χ2n) is 5.40. The van der Waals surface area contributed by atoms with Gasteiger partial charge in [-0.1, -0.05) is 6.07 Å². The predicted octanol–water partition coefficient (Wildman–Crippen LogP) is 1.91. The summed E-state index contributed by atoms with van der Waals surface area (Å²) in [5.41, 5.74) is 1.58. The molecule has 2 N–H and O–H groups in total. The molecule has 0 saturated carbocycles. The first kappa shape index (κ1) is 14.9. The first-order valence-corrected chi connectivity index (χ1v) is 8.36. The molecule has 6 heteroatoms. The number of halogens is 1. The van der Waals surface area contributed by atoms with Crippen LogP contribution in [-0.2, 0) is 0 Å². The van der Waals surface area contributed by atoms with Gasteiger partial charge >= 0.3 is 0 Å². The Bertz CT molecular complexity index is 1140. The molecule has 0 fully saturated rings. The van der Waals surface area contributed by atoms with E-state index in [1.54, 1.807) is 12.3 Å². The predicted molar refractivity (Wildman–Crippen MR) is 101 cm³/mol. The lowest BCUT2D eigenvalue weighted by Crippen LogP contribution is -2.12. The summed E-state index contributed by atoms with van der Waals surface area (Å²) in [7, 11) is 0. The summed E-state index contributed by atoms with van der Waals surface area (Å²) in [5, 5.41) is 14.9. The largest absolute Gasteiger partial charge is 0.493 e. The van der Waals surface area contributed by atoms with Crippen LogP contribution in [0, 0.1) is 3.57 Å². The van der Waals surface area contributed by atoms with Crippen molar-refractivity contribution in [3.63, 3.8) is 0 Å². The summed E-state index contributed by atoms with van der Waals surface area (Å²) < 4.78 is 2.46. The summed E-state index contributed by atoms with van der Waals surface area (Å²) in [5.74, 6) is -0.109. The van der Waals surface area contributed by atoms with E-state index < -0.39 is 0 Å². The highest BCUT2D eigenvalue weighted by molar-refractivity contribution is 14.1. The maximum absolute atomic E-state index is 12.2. The third-order valence-corrected chi connectivity index (χ3v) is 4.54. The lowest BCUT2D eigenvalue weighted by molar-refractivity contribution is 0.432. The van der Waals surface area contributed by atoms with Crippen LogP contribution in [-0.4, -0.2) is 14.9 Å². The summed E-state index contributed by atoms with van der Waals surface area (Å²) in [4.78, 5) is 16.5. The van der Waals surface area contributed by atoms with Crippen molar-refractivity contribution in [1.29, 1.82) is 0 Å². The Kier molecular flexibility index (Phi) is 3.61. The van der Waals surface area contributed by atoms with Crippen molar-refractivity contribution < 1.29 is 5.11 Å². The molecule has 2 heterocycles. The number of nitrogens with one attached hydrogen (secondary N) is 1. The number of nitrogens with zero attached hydrogens (tertiary/aromatic N) is 2. The van der Waals surface area contributed by atoms with E-state index in [2.05, 4.69) is 32.7 Å². The smallest absolute Gasteiger partial charge is 0.275 e. The van der Waals surface area contributed by atoms with Gasteiger partial charge in [-0.3, -0.25) is 14.9 Å². The van der Waals surface area contributed by atoms with E-state index in [4.69, 9.17) is 0 Å². The van der Waals surface area contributed by atoms with E-state index in [1.807, 2.05) is 48.5 Å². The van der Waals surface area contributed by atoms with Gasteiger partial charge in [-0.2, -0.15) is 0 Å². The molecule has 5 nitrogen and oxygen atoms in total. The highest BCUT2D eigenvalue weighted by Crippen LogP contribution is 2.19. The molecule has 0 unspecified atom stereocenters. The van der Waals surface area contributed by atoms with E-state index in [0.29, 0.717) is 5.69 Å². The van der Waals surface area contributed by atoms with Crippen molar-refractivity contribution in [2.45, 2.75) is 0 Å². The summed E-state index contributed by atoms with van der Waals surface area (Å²) in [6.07, 6.45) is 5.32. The van der Waals surface area contributed by atoms with Crippen LogP contribution in [0.5, 0.6) is 5.88 Å². The van der Waals surface area contributed by atoms with Gasteiger partial charge in [-0.15, -0.1) is 0 Å². The van der Waals surface area contributed by atoms with E-state index in [-0.39, 0.29) is 17.0 Å². The number of H-pyrrole nitrogens is 1. The van der Waals surface area contributed by atoms with Crippen molar-refractivity contribution in [3.05, 3.63) is 84.3 Å². The number of aromatic amines is 1. The number of hydrogen-bond acceptors (Lipinski definition) is 3. The Morgan fingerprint density at radius 3 is 2.75 bits per heavy atom. The molecule has 3 aromatic rings. The van der Waals surface area contributed by atoms with Gasteiger partial charge in [0.1, 0.15) is 5.56 Å². The lowest BCUT2D eigenvalue weighted by atomic mass is 10.1. The Morgan fingerprint density at radius 2 is 1.96 bits per heavy atom. The fourth-order valence-corrected chi connectivity index (χ4v) is 2.98. The minimum atomic E-state index is -0.341. The van der Waals surface area contributed by atoms with Gasteiger partial charge in [0.25, 0.3) is 5.56 Å². The highest BCUT2D eigenvalue weighted by Gasteiger charge is 2.13. The average Bonchev–Trinajstić information content (AvgIpc) is 3.15. The second kappa shape index (κ2) is 5.79. The zero-order chi connectivity index (χ0) is 16.7. The van der Waals surface area contributed by atoms with Gasteiger partial charge in [0, 0.05) is 15.3 Å². The molecular weight excluding hydrogens is 417 g/mol. The van der Waals surface area contributed by atoms with Crippen LogP contribution < -0.4 is 16.1 Å². The van der Waals surface area contributed by atoms with Gasteiger partial charge in [0.15, 0.2) is 0 Å². The molecule has 0 radical (unpaired) electrons. The molecule has 0 spiro atoms. The van der Waals surface area contributed by atoms with Crippen molar-refractivity contribution in [2.24, 2.45) is 4.99 Å². The first-order valence-electron chi connectivity index (χ1n) is 7.28. The standard InChI is InChI=1S/C18H12IN3O2/c19-13-2-4-14(5-3-13)22-18(24)15(17(23)21-22)10-11-1-6-16-12(9-11)7-8-20-16/h1-10,24H,(H,21,23)/b11-10-. The van der Waals surface area contributed by atoms with Gasteiger partial charge in [0.05, 0.1) is 11.0 Å². The topological polar surface area (TPSA) is 70.4 Å². The number of aromatic nitrogens is 2. The van der Waals surface area contributed by atoms with Crippen LogP contribution >= 0.6 is 22.6 Å². The SMILES string of the molecule is O=c1[nH]n(-c2ccc(I)cc2)c(O)c1/C=c1/ccc2c(c1)C=CN=2. The van der Waals surface area contributed by atoms with Crippen LogP contribution in [0.4, 0.5) is 0 Å². The molecule has 0 aliphatic carbocycles. The quantitative estimate of drug-likeness (QED) is 0.612. The van der Waals surface area contributed by atoms with Crippen LogP contribution in [0.2, 0.25) is 0 Å². The number of fused-ring (bicyclic) bond motifs is 1. The Morgan fingerprint density at radius 1 is 1.17 bits per heavy atom. The fraction of sp³-hybridized carbons (Fsp3) is 0. The molecule has 0 bridgehead atoms. The van der Waals surface area contributed by atoms with Crippen LogP contribution in [0.3, 0.4) is 0 Å². The van der Waals surface area contributed by atoms with Crippen LogP contribution in [0.25, 0.3) is 17.8 Å². The molecule has 0 atom stereocenters. The molecule has 1 aliphatic heterocycles. The van der Waals surface area contributed by atoms with Crippen molar-refractivity contribution in [3.8, 4) is 11.6 Å². The molecule has 0 amide bonds. The summed E-state index contributed by atoms with van der Waals surface area (Å²) >= 11 is 2.20. The second-order valence-corrected chi connectivity index (χ2v) is 6.64. The van der Waals surface area contributed by atoms with Gasteiger partial charge in [0.2, 0.25) is 5.88 Å².